The van der Waals surface area contributed by atoms with Gasteiger partial charge in [-0.15, -0.1) is 0 Å². The highest BCUT2D eigenvalue weighted by Crippen LogP contribution is 2.26. The number of hydrogen-bond donors (Lipinski definition) is 0. The van der Waals surface area contributed by atoms with Gasteiger partial charge in [0.25, 0.3) is 0 Å². The Morgan fingerprint density at radius 1 is 1.44 bits per heavy atom. The molecule has 0 saturated carbocycles. The van der Waals surface area contributed by atoms with Crippen LogP contribution in [0.3, 0.4) is 0 Å². The third kappa shape index (κ3) is 3.10. The summed E-state index contributed by atoms with van der Waals surface area (Å²) in [5.74, 6) is 1.38. The number of para-hydroxylation sites is 1. The van der Waals surface area contributed by atoms with Gasteiger partial charge in [0, 0.05) is 12.5 Å². The molecule has 3 nitrogen and oxygen atoms in total. The average molecular weight is 248 g/mol. The lowest BCUT2D eigenvalue weighted by Crippen LogP contribution is -2.22. The summed E-state index contributed by atoms with van der Waals surface area (Å²) in [6, 6.07) is 7.90. The van der Waals surface area contributed by atoms with Gasteiger partial charge in [0.15, 0.2) is 5.78 Å². The van der Waals surface area contributed by atoms with E-state index in [4.69, 9.17) is 9.47 Å². The largest absolute Gasteiger partial charge is 0.486 e. The molecule has 0 bridgehead atoms. The molecule has 98 valence electrons. The summed E-state index contributed by atoms with van der Waals surface area (Å²) < 4.78 is 10.9. The normalized spacial score (nSPS) is 19.2. The van der Waals surface area contributed by atoms with Crippen LogP contribution in [0.5, 0.6) is 5.75 Å². The number of hydrogen-bond acceptors (Lipinski definition) is 3. The van der Waals surface area contributed by atoms with E-state index in [0.29, 0.717) is 19.1 Å². The molecule has 1 fully saturated rings. The second-order valence-corrected chi connectivity index (χ2v) is 5.01. The van der Waals surface area contributed by atoms with Crippen LogP contribution in [0.15, 0.2) is 24.3 Å². The van der Waals surface area contributed by atoms with Crippen molar-refractivity contribution in [3.8, 4) is 5.75 Å². The first-order valence-electron chi connectivity index (χ1n) is 6.50. The average Bonchev–Trinajstić information content (AvgIpc) is 2.90. The van der Waals surface area contributed by atoms with Crippen LogP contribution in [0, 0.1) is 5.92 Å². The third-order valence-electron chi connectivity index (χ3n) is 3.30. The van der Waals surface area contributed by atoms with E-state index in [-0.39, 0.29) is 18.3 Å². The van der Waals surface area contributed by atoms with E-state index in [2.05, 4.69) is 13.8 Å². The first kappa shape index (κ1) is 13.1. The minimum absolute atomic E-state index is 0.0243. The van der Waals surface area contributed by atoms with Crippen LogP contribution in [0.25, 0.3) is 0 Å². The van der Waals surface area contributed by atoms with Crippen LogP contribution < -0.4 is 4.74 Å². The molecule has 1 unspecified atom stereocenters. The van der Waals surface area contributed by atoms with E-state index in [0.717, 1.165) is 17.7 Å². The fourth-order valence-electron chi connectivity index (χ4n) is 2.14. The number of ether oxygens (including phenoxy) is 2. The summed E-state index contributed by atoms with van der Waals surface area (Å²) in [5, 5.41) is 0. The zero-order valence-corrected chi connectivity index (χ0v) is 11.0. The molecule has 3 heteroatoms. The predicted octanol–water partition coefficient (Wildman–Crippen LogP) is 2.79. The van der Waals surface area contributed by atoms with Crippen molar-refractivity contribution in [3.63, 3.8) is 0 Å². The molecular weight excluding hydrogens is 228 g/mol. The minimum atomic E-state index is 0.0243. The van der Waals surface area contributed by atoms with E-state index in [1.165, 1.54) is 0 Å². The number of ketones is 1. The molecule has 0 N–H and O–H groups in total. The molecule has 0 radical (unpaired) electrons. The smallest absolute Gasteiger partial charge is 0.175 e. The van der Waals surface area contributed by atoms with Gasteiger partial charge in [-0.05, 0) is 24.0 Å². The van der Waals surface area contributed by atoms with Gasteiger partial charge >= 0.3 is 0 Å². The topological polar surface area (TPSA) is 35.5 Å². The van der Waals surface area contributed by atoms with Crippen LogP contribution in [0.4, 0.5) is 0 Å². The van der Waals surface area contributed by atoms with Crippen LogP contribution in [0.1, 0.15) is 31.7 Å². The van der Waals surface area contributed by atoms with Gasteiger partial charge in [-0.3, -0.25) is 4.79 Å². The summed E-state index contributed by atoms with van der Waals surface area (Å²) >= 11 is 0. The van der Waals surface area contributed by atoms with Gasteiger partial charge in [0.05, 0.1) is 6.61 Å². The highest BCUT2D eigenvalue weighted by atomic mass is 16.5. The van der Waals surface area contributed by atoms with Crippen molar-refractivity contribution in [2.24, 2.45) is 5.92 Å². The Morgan fingerprint density at radius 3 is 2.89 bits per heavy atom. The van der Waals surface area contributed by atoms with Gasteiger partial charge in [-0.1, -0.05) is 32.0 Å². The van der Waals surface area contributed by atoms with Crippen molar-refractivity contribution in [1.82, 2.24) is 0 Å². The highest BCUT2D eigenvalue weighted by Gasteiger charge is 2.23. The summed E-state index contributed by atoms with van der Waals surface area (Å²) in [6.45, 7) is 5.63. The van der Waals surface area contributed by atoms with Crippen LogP contribution in [-0.2, 0) is 9.53 Å². The lowest BCUT2D eigenvalue weighted by Gasteiger charge is -2.14. The van der Waals surface area contributed by atoms with Gasteiger partial charge in [-0.25, -0.2) is 0 Å². The fraction of sp³-hybridized carbons (Fsp3) is 0.533. The predicted molar refractivity (Wildman–Crippen MR) is 70.0 cm³/mol. The Labute approximate surface area is 108 Å². The molecule has 1 heterocycles. The molecule has 18 heavy (non-hydrogen) atoms. The Kier molecular flexibility index (Phi) is 4.37. The van der Waals surface area contributed by atoms with Gasteiger partial charge < -0.3 is 9.47 Å². The molecule has 1 aliphatic rings. The van der Waals surface area contributed by atoms with Crippen molar-refractivity contribution < 1.29 is 14.3 Å². The Morgan fingerprint density at radius 2 is 2.22 bits per heavy atom. The van der Waals surface area contributed by atoms with E-state index in [1.54, 1.807) is 0 Å². The SMILES string of the molecule is CC(C)c1ccccc1OCC(=O)C1CCOC1. The van der Waals surface area contributed by atoms with E-state index >= 15 is 0 Å². The fourth-order valence-corrected chi connectivity index (χ4v) is 2.14. The molecule has 2 rings (SSSR count). The van der Waals surface area contributed by atoms with Crippen LogP contribution in [-0.4, -0.2) is 25.6 Å². The number of benzene rings is 1. The van der Waals surface area contributed by atoms with Gasteiger partial charge in [0.1, 0.15) is 12.4 Å². The first-order valence-corrected chi connectivity index (χ1v) is 6.50. The maximum Gasteiger partial charge on any atom is 0.175 e. The number of rotatable bonds is 5. The second kappa shape index (κ2) is 6.01. The monoisotopic (exact) mass is 248 g/mol. The summed E-state index contributed by atoms with van der Waals surface area (Å²) in [5.41, 5.74) is 1.15. The van der Waals surface area contributed by atoms with Crippen molar-refractivity contribution in [2.75, 3.05) is 19.8 Å². The molecule has 1 aromatic rings. The van der Waals surface area contributed by atoms with Crippen molar-refractivity contribution in [2.45, 2.75) is 26.2 Å². The minimum Gasteiger partial charge on any atom is -0.486 e. The molecule has 1 aromatic carbocycles. The zero-order valence-electron chi connectivity index (χ0n) is 11.0. The van der Waals surface area contributed by atoms with Gasteiger partial charge in [0.2, 0.25) is 0 Å². The van der Waals surface area contributed by atoms with E-state index in [1.807, 2.05) is 24.3 Å². The molecular formula is C15H20O3. The number of carbonyl (C=O) groups is 1. The van der Waals surface area contributed by atoms with E-state index in [9.17, 15) is 4.79 Å². The molecule has 1 aliphatic heterocycles. The first-order chi connectivity index (χ1) is 8.68. The summed E-state index contributed by atoms with van der Waals surface area (Å²) in [4.78, 5) is 11.9. The molecule has 0 amide bonds. The lowest BCUT2D eigenvalue weighted by molar-refractivity contribution is -0.124. The Balaban J connectivity index is 1.95. The molecule has 0 aromatic heterocycles. The zero-order chi connectivity index (χ0) is 13.0. The lowest BCUT2D eigenvalue weighted by atomic mass is 10.0. The van der Waals surface area contributed by atoms with Crippen LogP contribution >= 0.6 is 0 Å². The van der Waals surface area contributed by atoms with Crippen molar-refractivity contribution in [3.05, 3.63) is 29.8 Å². The molecule has 0 spiro atoms. The maximum atomic E-state index is 11.9. The number of Topliss-reactive ketones (excluding diaryl/α,β-unsaturated/α-hetero) is 1. The quantitative estimate of drug-likeness (QED) is 0.803. The number of carbonyl (C=O) groups excluding carboxylic acids is 1. The van der Waals surface area contributed by atoms with Crippen LogP contribution in [0.2, 0.25) is 0 Å². The highest BCUT2D eigenvalue weighted by molar-refractivity contribution is 5.82. The van der Waals surface area contributed by atoms with Crippen molar-refractivity contribution in [1.29, 1.82) is 0 Å². The summed E-state index contributed by atoms with van der Waals surface area (Å²) in [7, 11) is 0. The molecule has 1 atom stereocenters. The maximum absolute atomic E-state index is 11.9. The molecule has 0 aliphatic carbocycles. The standard InChI is InChI=1S/C15H20O3/c1-11(2)13-5-3-4-6-15(13)18-10-14(16)12-7-8-17-9-12/h3-6,11-12H,7-10H2,1-2H3. The van der Waals surface area contributed by atoms with Gasteiger partial charge in [-0.2, -0.15) is 0 Å². The second-order valence-electron chi connectivity index (χ2n) is 5.01. The Hall–Kier alpha value is -1.35. The van der Waals surface area contributed by atoms with E-state index < -0.39 is 0 Å². The summed E-state index contributed by atoms with van der Waals surface area (Å²) in [6.07, 6.45) is 0.827. The third-order valence-corrected chi connectivity index (χ3v) is 3.30. The molecule has 1 saturated heterocycles. The van der Waals surface area contributed by atoms with Crippen molar-refractivity contribution >= 4 is 5.78 Å². The Bertz CT molecular complexity index is 406.